The third-order valence-corrected chi connectivity index (χ3v) is 4.69. The predicted octanol–water partition coefficient (Wildman–Crippen LogP) is 3.19. The molecule has 0 aromatic heterocycles. The van der Waals surface area contributed by atoms with Crippen LogP contribution in [0.15, 0.2) is 42.5 Å². The van der Waals surface area contributed by atoms with Gasteiger partial charge in [-0.3, -0.25) is 9.69 Å². The van der Waals surface area contributed by atoms with Gasteiger partial charge in [-0.25, -0.2) is 4.39 Å². The zero-order valence-corrected chi connectivity index (χ0v) is 15.8. The lowest BCUT2D eigenvalue weighted by atomic mass is 10.1. The molecule has 0 N–H and O–H groups in total. The molecule has 0 atom stereocenters. The first-order valence-corrected chi connectivity index (χ1v) is 9.17. The van der Waals surface area contributed by atoms with E-state index in [1.807, 2.05) is 30.0 Å². The van der Waals surface area contributed by atoms with Crippen molar-refractivity contribution in [2.45, 2.75) is 13.5 Å². The van der Waals surface area contributed by atoms with E-state index in [1.54, 1.807) is 19.2 Å². The molecular weight excluding hydrogens is 347 g/mol. The normalized spacial score (nSPS) is 14.9. The Hall–Kier alpha value is -2.60. The number of hydrogen-bond donors (Lipinski definition) is 0. The Balaban J connectivity index is 1.59. The number of carbonyl (C=O) groups excluding carboxylic acids is 1. The summed E-state index contributed by atoms with van der Waals surface area (Å²) in [5.74, 6) is 1.14. The fourth-order valence-electron chi connectivity index (χ4n) is 3.29. The van der Waals surface area contributed by atoms with Gasteiger partial charge in [0, 0.05) is 43.9 Å². The molecule has 6 heteroatoms. The molecule has 3 rings (SSSR count). The molecule has 1 aliphatic heterocycles. The molecule has 144 valence electrons. The average Bonchev–Trinajstić information content (AvgIpc) is 2.69. The molecule has 1 fully saturated rings. The molecule has 0 saturated carbocycles. The van der Waals surface area contributed by atoms with Crippen molar-refractivity contribution in [2.75, 3.05) is 39.9 Å². The van der Waals surface area contributed by atoms with Gasteiger partial charge in [-0.1, -0.05) is 6.07 Å². The van der Waals surface area contributed by atoms with E-state index in [-0.39, 0.29) is 11.7 Å². The number of ether oxygens (including phenoxy) is 2. The molecule has 0 radical (unpaired) electrons. The van der Waals surface area contributed by atoms with Crippen molar-refractivity contribution >= 4 is 5.91 Å². The van der Waals surface area contributed by atoms with Crippen LogP contribution < -0.4 is 9.47 Å². The van der Waals surface area contributed by atoms with Gasteiger partial charge in [0.1, 0.15) is 17.3 Å². The Kier molecular flexibility index (Phi) is 6.29. The van der Waals surface area contributed by atoms with Gasteiger partial charge in [0.05, 0.1) is 13.7 Å². The molecule has 1 aliphatic rings. The van der Waals surface area contributed by atoms with Crippen molar-refractivity contribution in [3.63, 3.8) is 0 Å². The van der Waals surface area contributed by atoms with E-state index >= 15 is 0 Å². The highest BCUT2D eigenvalue weighted by molar-refractivity contribution is 5.94. The summed E-state index contributed by atoms with van der Waals surface area (Å²) in [6.45, 7) is 5.82. The fraction of sp³-hybridized carbons (Fsp3) is 0.381. The number of halogens is 1. The van der Waals surface area contributed by atoms with E-state index in [4.69, 9.17) is 9.47 Å². The monoisotopic (exact) mass is 372 g/mol. The number of benzene rings is 2. The second-order valence-electron chi connectivity index (χ2n) is 6.49. The fourth-order valence-corrected chi connectivity index (χ4v) is 3.29. The second kappa shape index (κ2) is 8.86. The maximum absolute atomic E-state index is 13.5. The van der Waals surface area contributed by atoms with E-state index in [9.17, 15) is 9.18 Å². The lowest BCUT2D eigenvalue weighted by Crippen LogP contribution is -2.48. The average molecular weight is 372 g/mol. The van der Waals surface area contributed by atoms with E-state index in [2.05, 4.69) is 4.90 Å². The van der Waals surface area contributed by atoms with Gasteiger partial charge in [-0.05, 0) is 43.3 Å². The molecule has 0 bridgehead atoms. The molecule has 0 unspecified atom stereocenters. The van der Waals surface area contributed by atoms with Crippen LogP contribution in [0, 0.1) is 5.82 Å². The van der Waals surface area contributed by atoms with Crippen molar-refractivity contribution in [1.29, 1.82) is 0 Å². The highest BCUT2D eigenvalue weighted by Gasteiger charge is 2.23. The van der Waals surface area contributed by atoms with Gasteiger partial charge < -0.3 is 14.4 Å². The number of hydrogen-bond acceptors (Lipinski definition) is 4. The maximum atomic E-state index is 13.5. The third-order valence-electron chi connectivity index (χ3n) is 4.69. The second-order valence-corrected chi connectivity index (χ2v) is 6.49. The molecule has 2 aromatic rings. The van der Waals surface area contributed by atoms with Crippen LogP contribution in [0.1, 0.15) is 22.8 Å². The molecule has 1 heterocycles. The van der Waals surface area contributed by atoms with Gasteiger partial charge in [0.15, 0.2) is 0 Å². The Labute approximate surface area is 159 Å². The van der Waals surface area contributed by atoms with Crippen molar-refractivity contribution in [2.24, 2.45) is 0 Å². The van der Waals surface area contributed by atoms with Gasteiger partial charge in [-0.15, -0.1) is 0 Å². The molecule has 0 spiro atoms. The Morgan fingerprint density at radius 3 is 2.59 bits per heavy atom. The minimum atomic E-state index is -0.270. The van der Waals surface area contributed by atoms with Crippen LogP contribution in [0.5, 0.6) is 11.5 Å². The molecule has 5 nitrogen and oxygen atoms in total. The van der Waals surface area contributed by atoms with Crippen molar-refractivity contribution < 1.29 is 18.7 Å². The first-order valence-electron chi connectivity index (χ1n) is 9.17. The highest BCUT2D eigenvalue weighted by atomic mass is 19.1. The number of nitrogens with zero attached hydrogens (tertiary/aromatic N) is 2. The number of piperazine rings is 1. The van der Waals surface area contributed by atoms with Gasteiger partial charge in [0.25, 0.3) is 5.91 Å². The van der Waals surface area contributed by atoms with Gasteiger partial charge in [-0.2, -0.15) is 0 Å². The first-order chi connectivity index (χ1) is 13.1. The summed E-state index contributed by atoms with van der Waals surface area (Å²) in [5.41, 5.74) is 1.46. The molecule has 27 heavy (non-hydrogen) atoms. The Bertz CT molecular complexity index is 789. The molecule has 1 amide bonds. The van der Waals surface area contributed by atoms with E-state index in [0.717, 1.165) is 18.7 Å². The van der Waals surface area contributed by atoms with Crippen molar-refractivity contribution in [1.82, 2.24) is 9.80 Å². The smallest absolute Gasteiger partial charge is 0.254 e. The van der Waals surface area contributed by atoms with Crippen LogP contribution >= 0.6 is 0 Å². The van der Waals surface area contributed by atoms with Crippen LogP contribution in [-0.4, -0.2) is 55.6 Å². The number of amides is 1. The molecule has 1 saturated heterocycles. The standard InChI is InChI=1S/C21H25FN2O3/c1-3-27-19-6-4-5-16(14-19)21(25)24-11-9-23(10-12-24)15-17-13-18(22)7-8-20(17)26-2/h4-8,13-14H,3,9-12,15H2,1-2H3. The highest BCUT2D eigenvalue weighted by Crippen LogP contribution is 2.22. The lowest BCUT2D eigenvalue weighted by Gasteiger charge is -2.35. The summed E-state index contributed by atoms with van der Waals surface area (Å²) < 4.78 is 24.3. The zero-order valence-electron chi connectivity index (χ0n) is 15.8. The maximum Gasteiger partial charge on any atom is 0.254 e. The van der Waals surface area contributed by atoms with E-state index < -0.39 is 0 Å². The lowest BCUT2D eigenvalue weighted by molar-refractivity contribution is 0.0627. The molecule has 2 aromatic carbocycles. The number of carbonyl (C=O) groups is 1. The minimum absolute atomic E-state index is 0.0135. The number of rotatable bonds is 6. The summed E-state index contributed by atoms with van der Waals surface area (Å²) in [7, 11) is 1.59. The molecular formula is C21H25FN2O3. The summed E-state index contributed by atoms with van der Waals surface area (Å²) in [6.07, 6.45) is 0. The Morgan fingerprint density at radius 1 is 1.11 bits per heavy atom. The third kappa shape index (κ3) is 4.77. The minimum Gasteiger partial charge on any atom is -0.496 e. The van der Waals surface area contributed by atoms with Crippen molar-refractivity contribution in [3.05, 3.63) is 59.4 Å². The zero-order chi connectivity index (χ0) is 19.2. The predicted molar refractivity (Wildman–Crippen MR) is 102 cm³/mol. The quantitative estimate of drug-likeness (QED) is 0.781. The number of methoxy groups -OCH3 is 1. The van der Waals surface area contributed by atoms with Crippen LogP contribution in [-0.2, 0) is 6.54 Å². The summed E-state index contributed by atoms with van der Waals surface area (Å²) in [4.78, 5) is 16.8. The van der Waals surface area contributed by atoms with E-state index in [1.165, 1.54) is 12.1 Å². The SMILES string of the molecule is CCOc1cccc(C(=O)N2CCN(Cc3cc(F)ccc3OC)CC2)c1. The van der Waals surface area contributed by atoms with Crippen LogP contribution in [0.25, 0.3) is 0 Å². The van der Waals surface area contributed by atoms with Gasteiger partial charge in [0.2, 0.25) is 0 Å². The molecule has 0 aliphatic carbocycles. The first kappa shape index (κ1) is 19.2. The van der Waals surface area contributed by atoms with Crippen LogP contribution in [0.4, 0.5) is 4.39 Å². The van der Waals surface area contributed by atoms with Gasteiger partial charge >= 0.3 is 0 Å². The largest absolute Gasteiger partial charge is 0.496 e. The summed E-state index contributed by atoms with van der Waals surface area (Å²) >= 11 is 0. The van der Waals surface area contributed by atoms with Crippen LogP contribution in [0.3, 0.4) is 0 Å². The topological polar surface area (TPSA) is 42.0 Å². The van der Waals surface area contributed by atoms with E-state index in [0.29, 0.717) is 43.3 Å². The van der Waals surface area contributed by atoms with Crippen molar-refractivity contribution in [3.8, 4) is 11.5 Å². The summed E-state index contributed by atoms with van der Waals surface area (Å²) in [6, 6.07) is 11.8. The van der Waals surface area contributed by atoms with Crippen LogP contribution in [0.2, 0.25) is 0 Å². The Morgan fingerprint density at radius 2 is 1.89 bits per heavy atom. The summed E-state index contributed by atoms with van der Waals surface area (Å²) in [5, 5.41) is 0.